The Kier molecular flexibility index (Phi) is 2.08. The van der Waals surface area contributed by atoms with Gasteiger partial charge in [0.25, 0.3) is 0 Å². The fourth-order valence-corrected chi connectivity index (χ4v) is 1.90. The normalized spacial score (nSPS) is 10.9. The van der Waals surface area contributed by atoms with Crippen molar-refractivity contribution in [1.82, 2.24) is 14.5 Å². The Morgan fingerprint density at radius 1 is 1.12 bits per heavy atom. The maximum absolute atomic E-state index is 9.28. The van der Waals surface area contributed by atoms with Crippen molar-refractivity contribution in [3.63, 3.8) is 0 Å². The molecule has 0 saturated carbocycles. The van der Waals surface area contributed by atoms with Gasteiger partial charge in [0.15, 0.2) is 0 Å². The highest BCUT2D eigenvalue weighted by molar-refractivity contribution is 5.79. The third-order valence-corrected chi connectivity index (χ3v) is 2.81. The van der Waals surface area contributed by atoms with Crippen LogP contribution in [-0.4, -0.2) is 19.6 Å². The van der Waals surface area contributed by atoms with Crippen LogP contribution in [0.15, 0.2) is 42.7 Å². The molecule has 1 aromatic carbocycles. The highest BCUT2D eigenvalue weighted by Gasteiger charge is 2.09. The number of hydrogen-bond donors (Lipinski definition) is 1. The predicted molar refractivity (Wildman–Crippen MR) is 65.6 cm³/mol. The van der Waals surface area contributed by atoms with Crippen LogP contribution in [0.3, 0.4) is 0 Å². The molecule has 0 unspecified atom stereocenters. The van der Waals surface area contributed by atoms with Crippen molar-refractivity contribution in [1.29, 1.82) is 0 Å². The molecule has 2 aromatic heterocycles. The van der Waals surface area contributed by atoms with Gasteiger partial charge in [-0.2, -0.15) is 0 Å². The fraction of sp³-hybridized carbons (Fsp3) is 0.0769. The smallest absolute Gasteiger partial charge is 0.140 e. The standard InChI is InChI=1S/C13H11N3O/c1-16-12-8-14-7-6-11(12)15-13(16)9-2-4-10(17)5-3-9/h2-8,17H,1H3. The van der Waals surface area contributed by atoms with Gasteiger partial charge >= 0.3 is 0 Å². The Morgan fingerprint density at radius 3 is 2.59 bits per heavy atom. The summed E-state index contributed by atoms with van der Waals surface area (Å²) < 4.78 is 1.99. The summed E-state index contributed by atoms with van der Waals surface area (Å²) >= 11 is 0. The number of phenolic OH excluding ortho intramolecular Hbond substituents is 1. The van der Waals surface area contributed by atoms with Gasteiger partial charge in [0.05, 0.1) is 17.2 Å². The molecule has 3 rings (SSSR count). The van der Waals surface area contributed by atoms with Gasteiger partial charge in [0, 0.05) is 18.8 Å². The number of imidazole rings is 1. The Hall–Kier alpha value is -2.36. The molecule has 3 aromatic rings. The second kappa shape index (κ2) is 3.59. The lowest BCUT2D eigenvalue weighted by atomic mass is 10.2. The first kappa shape index (κ1) is 9.84. The van der Waals surface area contributed by atoms with Crippen LogP contribution in [0.5, 0.6) is 5.75 Å². The zero-order valence-electron chi connectivity index (χ0n) is 9.33. The van der Waals surface area contributed by atoms with E-state index < -0.39 is 0 Å². The highest BCUT2D eigenvalue weighted by atomic mass is 16.3. The number of pyridine rings is 1. The molecule has 0 amide bonds. The number of rotatable bonds is 1. The van der Waals surface area contributed by atoms with E-state index >= 15 is 0 Å². The van der Waals surface area contributed by atoms with E-state index in [1.807, 2.05) is 29.8 Å². The minimum absolute atomic E-state index is 0.259. The minimum Gasteiger partial charge on any atom is -0.508 e. The van der Waals surface area contributed by atoms with Crippen LogP contribution in [0.1, 0.15) is 0 Å². The van der Waals surface area contributed by atoms with Crippen LogP contribution in [0.4, 0.5) is 0 Å². The maximum Gasteiger partial charge on any atom is 0.140 e. The van der Waals surface area contributed by atoms with Gasteiger partial charge in [-0.1, -0.05) is 0 Å². The molecule has 4 nitrogen and oxygen atoms in total. The second-order valence-electron chi connectivity index (χ2n) is 3.91. The molecule has 84 valence electrons. The van der Waals surface area contributed by atoms with Crippen LogP contribution in [0.2, 0.25) is 0 Å². The molecule has 2 heterocycles. The molecule has 0 aliphatic rings. The van der Waals surface area contributed by atoms with Crippen LogP contribution in [0.25, 0.3) is 22.4 Å². The number of benzene rings is 1. The lowest BCUT2D eigenvalue weighted by molar-refractivity contribution is 0.475. The molecule has 0 spiro atoms. The number of hydrogen-bond acceptors (Lipinski definition) is 3. The zero-order chi connectivity index (χ0) is 11.8. The molecule has 0 radical (unpaired) electrons. The molecule has 0 aliphatic heterocycles. The lowest BCUT2D eigenvalue weighted by Gasteiger charge is -2.02. The van der Waals surface area contributed by atoms with Gasteiger partial charge < -0.3 is 9.67 Å². The first-order valence-electron chi connectivity index (χ1n) is 5.31. The number of phenols is 1. The number of nitrogens with zero attached hydrogens (tertiary/aromatic N) is 3. The number of aryl methyl sites for hydroxylation is 1. The van der Waals surface area contributed by atoms with E-state index in [1.54, 1.807) is 24.5 Å². The van der Waals surface area contributed by atoms with Crippen molar-refractivity contribution < 1.29 is 5.11 Å². The quantitative estimate of drug-likeness (QED) is 0.691. The highest BCUT2D eigenvalue weighted by Crippen LogP contribution is 2.24. The number of fused-ring (bicyclic) bond motifs is 1. The topological polar surface area (TPSA) is 50.9 Å². The first-order valence-corrected chi connectivity index (χ1v) is 5.31. The van der Waals surface area contributed by atoms with Crippen molar-refractivity contribution in [3.05, 3.63) is 42.7 Å². The molecule has 17 heavy (non-hydrogen) atoms. The van der Waals surface area contributed by atoms with E-state index in [4.69, 9.17) is 0 Å². The summed E-state index contributed by atoms with van der Waals surface area (Å²) in [7, 11) is 1.96. The SMILES string of the molecule is Cn1c(-c2ccc(O)cc2)nc2ccncc21. The van der Waals surface area contributed by atoms with E-state index in [0.29, 0.717) is 0 Å². The van der Waals surface area contributed by atoms with Crippen molar-refractivity contribution in [2.45, 2.75) is 0 Å². The van der Waals surface area contributed by atoms with Gasteiger partial charge in [-0.15, -0.1) is 0 Å². The van der Waals surface area contributed by atoms with E-state index in [0.717, 1.165) is 22.4 Å². The Bertz CT molecular complexity index is 671. The Morgan fingerprint density at radius 2 is 1.88 bits per heavy atom. The van der Waals surface area contributed by atoms with Gasteiger partial charge in [-0.25, -0.2) is 4.98 Å². The van der Waals surface area contributed by atoms with E-state index in [-0.39, 0.29) is 5.75 Å². The molecule has 1 N–H and O–H groups in total. The number of aromatic nitrogens is 3. The first-order chi connectivity index (χ1) is 8.25. The van der Waals surface area contributed by atoms with E-state index in [1.165, 1.54) is 0 Å². The second-order valence-corrected chi connectivity index (χ2v) is 3.91. The monoisotopic (exact) mass is 225 g/mol. The van der Waals surface area contributed by atoms with Crippen molar-refractivity contribution in [3.8, 4) is 17.1 Å². The zero-order valence-corrected chi connectivity index (χ0v) is 9.33. The molecular formula is C13H11N3O. The number of aromatic hydroxyl groups is 1. The third kappa shape index (κ3) is 1.54. The van der Waals surface area contributed by atoms with Gasteiger partial charge in [0.2, 0.25) is 0 Å². The molecule has 0 aliphatic carbocycles. The lowest BCUT2D eigenvalue weighted by Crippen LogP contribution is -1.92. The van der Waals surface area contributed by atoms with Crippen LogP contribution in [0, 0.1) is 0 Å². The summed E-state index contributed by atoms with van der Waals surface area (Å²) in [5.74, 6) is 1.13. The van der Waals surface area contributed by atoms with Crippen LogP contribution in [-0.2, 0) is 7.05 Å². The van der Waals surface area contributed by atoms with E-state index in [2.05, 4.69) is 9.97 Å². The van der Waals surface area contributed by atoms with Crippen molar-refractivity contribution in [2.75, 3.05) is 0 Å². The summed E-state index contributed by atoms with van der Waals surface area (Å²) in [6.45, 7) is 0. The van der Waals surface area contributed by atoms with Crippen LogP contribution >= 0.6 is 0 Å². The van der Waals surface area contributed by atoms with Gasteiger partial charge in [0.1, 0.15) is 11.6 Å². The molecular weight excluding hydrogens is 214 g/mol. The van der Waals surface area contributed by atoms with Gasteiger partial charge in [-0.05, 0) is 30.3 Å². The fourth-order valence-electron chi connectivity index (χ4n) is 1.90. The molecule has 0 bridgehead atoms. The molecule has 0 atom stereocenters. The Balaban J connectivity index is 2.24. The van der Waals surface area contributed by atoms with Crippen molar-refractivity contribution >= 4 is 11.0 Å². The van der Waals surface area contributed by atoms with Gasteiger partial charge in [-0.3, -0.25) is 4.98 Å². The molecule has 0 fully saturated rings. The summed E-state index contributed by atoms with van der Waals surface area (Å²) in [6.07, 6.45) is 3.53. The molecule has 4 heteroatoms. The van der Waals surface area contributed by atoms with E-state index in [9.17, 15) is 5.11 Å². The average molecular weight is 225 g/mol. The Labute approximate surface area is 98.2 Å². The maximum atomic E-state index is 9.28. The minimum atomic E-state index is 0.259. The summed E-state index contributed by atoms with van der Waals surface area (Å²) in [5.41, 5.74) is 2.89. The van der Waals surface area contributed by atoms with Crippen molar-refractivity contribution in [2.24, 2.45) is 7.05 Å². The third-order valence-electron chi connectivity index (χ3n) is 2.81. The van der Waals surface area contributed by atoms with Crippen LogP contribution < -0.4 is 0 Å². The summed E-state index contributed by atoms with van der Waals surface area (Å²) in [4.78, 5) is 8.65. The largest absolute Gasteiger partial charge is 0.508 e. The average Bonchev–Trinajstić information content (AvgIpc) is 2.69. The predicted octanol–water partition coefficient (Wildman–Crippen LogP) is 2.34. The summed E-state index contributed by atoms with van der Waals surface area (Å²) in [6, 6.07) is 8.91. The summed E-state index contributed by atoms with van der Waals surface area (Å²) in [5, 5.41) is 9.28. The molecule has 0 saturated heterocycles.